The number of benzene rings is 2. The number of aliphatic hydroxyl groups is 1. The molecule has 154 valence electrons. The van der Waals surface area contributed by atoms with E-state index < -0.39 is 0 Å². The fourth-order valence-corrected chi connectivity index (χ4v) is 3.28. The van der Waals surface area contributed by atoms with Crippen molar-refractivity contribution in [2.45, 2.75) is 38.5 Å². The van der Waals surface area contributed by atoms with Gasteiger partial charge in [-0.1, -0.05) is 36.4 Å². The third-order valence-electron chi connectivity index (χ3n) is 4.89. The lowest BCUT2D eigenvalue weighted by molar-refractivity contribution is -0.120. The third-order valence-corrected chi connectivity index (χ3v) is 4.89. The summed E-state index contributed by atoms with van der Waals surface area (Å²) in [6, 6.07) is 15.6. The van der Waals surface area contributed by atoms with Gasteiger partial charge in [0.1, 0.15) is 0 Å². The number of aliphatic hydroxyl groups excluding tert-OH is 1. The van der Waals surface area contributed by atoms with Gasteiger partial charge in [-0.05, 0) is 41.7 Å². The second kappa shape index (κ2) is 11.9. The van der Waals surface area contributed by atoms with Crippen molar-refractivity contribution < 1.29 is 9.90 Å². The van der Waals surface area contributed by atoms with E-state index >= 15 is 0 Å². The molecule has 1 heterocycles. The lowest BCUT2D eigenvalue weighted by Crippen LogP contribution is -2.35. The summed E-state index contributed by atoms with van der Waals surface area (Å²) >= 11 is 0. The maximum absolute atomic E-state index is 12.2. The summed E-state index contributed by atoms with van der Waals surface area (Å²) in [5, 5.41) is 12.7. The Hall–Kier alpha value is -1.79. The fraction of sp³-hybridized carbons (Fsp3) is 0.381. The zero-order valence-corrected chi connectivity index (χ0v) is 17.5. The van der Waals surface area contributed by atoms with Gasteiger partial charge in [-0.3, -0.25) is 9.69 Å². The Morgan fingerprint density at radius 1 is 1.04 bits per heavy atom. The first-order chi connectivity index (χ1) is 12.6. The van der Waals surface area contributed by atoms with E-state index in [2.05, 4.69) is 22.3 Å². The van der Waals surface area contributed by atoms with Crippen LogP contribution in [0.2, 0.25) is 0 Å². The Morgan fingerprint density at radius 2 is 1.64 bits per heavy atom. The Balaban J connectivity index is 0.00000196. The molecule has 0 atom stereocenters. The second-order valence-electron chi connectivity index (χ2n) is 6.97. The van der Waals surface area contributed by atoms with Crippen LogP contribution in [0.3, 0.4) is 0 Å². The average molecular weight is 426 g/mol. The first-order valence-corrected chi connectivity index (χ1v) is 9.18. The SMILES string of the molecule is Cl.Cl.Nc1ccc(CC(=O)NCc2ccccc2CN2CCC(O)CC2)cc1. The Bertz CT molecular complexity index is 733. The lowest BCUT2D eigenvalue weighted by Gasteiger charge is -2.30. The largest absolute Gasteiger partial charge is 0.399 e. The Morgan fingerprint density at radius 3 is 2.29 bits per heavy atom. The standard InChI is InChI=1S/C21H27N3O2.2ClH/c22-19-7-5-16(6-8-19)13-21(26)23-14-17-3-1-2-4-18(17)15-24-11-9-20(25)10-12-24;;/h1-8,20,25H,9-15,22H2,(H,23,26);2*1H. The molecule has 1 saturated heterocycles. The zero-order chi connectivity index (χ0) is 18.4. The molecule has 28 heavy (non-hydrogen) atoms. The van der Waals surface area contributed by atoms with Gasteiger partial charge >= 0.3 is 0 Å². The first kappa shape index (κ1) is 24.2. The number of piperidine rings is 1. The minimum Gasteiger partial charge on any atom is -0.399 e. The van der Waals surface area contributed by atoms with Gasteiger partial charge in [0, 0.05) is 31.9 Å². The van der Waals surface area contributed by atoms with Gasteiger partial charge in [0.15, 0.2) is 0 Å². The molecule has 0 aromatic heterocycles. The van der Waals surface area contributed by atoms with Gasteiger partial charge < -0.3 is 16.2 Å². The number of anilines is 1. The molecule has 2 aromatic rings. The normalized spacial score (nSPS) is 14.6. The van der Waals surface area contributed by atoms with Crippen LogP contribution in [0.4, 0.5) is 5.69 Å². The maximum Gasteiger partial charge on any atom is 0.224 e. The van der Waals surface area contributed by atoms with E-state index in [1.807, 2.05) is 36.4 Å². The summed E-state index contributed by atoms with van der Waals surface area (Å²) in [5.41, 5.74) is 9.71. The van der Waals surface area contributed by atoms with Crippen molar-refractivity contribution in [3.8, 4) is 0 Å². The molecule has 4 N–H and O–H groups in total. The number of nitrogens with one attached hydrogen (secondary N) is 1. The molecule has 0 aliphatic carbocycles. The van der Waals surface area contributed by atoms with Crippen molar-refractivity contribution in [1.82, 2.24) is 10.2 Å². The second-order valence-corrected chi connectivity index (χ2v) is 6.97. The number of hydrogen-bond donors (Lipinski definition) is 3. The Labute approximate surface area is 179 Å². The van der Waals surface area contributed by atoms with Gasteiger partial charge in [-0.25, -0.2) is 0 Å². The summed E-state index contributed by atoms with van der Waals surface area (Å²) in [4.78, 5) is 14.6. The zero-order valence-electron chi connectivity index (χ0n) is 15.8. The smallest absolute Gasteiger partial charge is 0.224 e. The number of nitrogens with two attached hydrogens (primary N) is 1. The number of carbonyl (C=O) groups excluding carboxylic acids is 1. The van der Waals surface area contributed by atoms with Crippen molar-refractivity contribution in [3.63, 3.8) is 0 Å². The highest BCUT2D eigenvalue weighted by Crippen LogP contribution is 2.16. The molecule has 3 rings (SSSR count). The van der Waals surface area contributed by atoms with Crippen molar-refractivity contribution >= 4 is 36.4 Å². The molecule has 0 unspecified atom stereocenters. The topological polar surface area (TPSA) is 78.6 Å². The molecule has 1 amide bonds. The molecule has 0 spiro atoms. The highest BCUT2D eigenvalue weighted by Gasteiger charge is 2.17. The molecule has 0 saturated carbocycles. The van der Waals surface area contributed by atoms with Crippen LogP contribution in [-0.4, -0.2) is 35.1 Å². The summed E-state index contributed by atoms with van der Waals surface area (Å²) < 4.78 is 0. The van der Waals surface area contributed by atoms with Gasteiger partial charge in [-0.2, -0.15) is 0 Å². The van der Waals surface area contributed by atoms with Crippen molar-refractivity contribution in [1.29, 1.82) is 0 Å². The predicted molar refractivity (Wildman–Crippen MR) is 118 cm³/mol. The van der Waals surface area contributed by atoms with Gasteiger partial charge in [0.05, 0.1) is 12.5 Å². The first-order valence-electron chi connectivity index (χ1n) is 9.18. The Kier molecular flexibility index (Phi) is 10.3. The van der Waals surface area contributed by atoms with Crippen LogP contribution < -0.4 is 11.1 Å². The van der Waals surface area contributed by atoms with Gasteiger partial charge in [0.25, 0.3) is 0 Å². The van der Waals surface area contributed by atoms with Crippen LogP contribution >= 0.6 is 24.8 Å². The van der Waals surface area contributed by atoms with E-state index in [0.29, 0.717) is 18.7 Å². The van der Waals surface area contributed by atoms with Crippen molar-refractivity contribution in [2.75, 3.05) is 18.8 Å². The molecule has 1 aliphatic rings. The molecule has 0 bridgehead atoms. The molecule has 5 nitrogen and oxygen atoms in total. The third kappa shape index (κ3) is 7.32. The highest BCUT2D eigenvalue weighted by atomic mass is 35.5. The van der Waals surface area contributed by atoms with Gasteiger partial charge in [0.2, 0.25) is 5.91 Å². The van der Waals surface area contributed by atoms with Gasteiger partial charge in [-0.15, -0.1) is 24.8 Å². The number of carbonyl (C=O) groups is 1. The van der Waals surface area contributed by atoms with Crippen molar-refractivity contribution in [2.24, 2.45) is 0 Å². The minimum absolute atomic E-state index is 0. The fourth-order valence-electron chi connectivity index (χ4n) is 3.28. The molecule has 1 fully saturated rings. The van der Waals surface area contributed by atoms with Crippen LogP contribution in [0, 0.1) is 0 Å². The minimum atomic E-state index is -0.158. The van der Waals surface area contributed by atoms with Crippen LogP contribution in [0.15, 0.2) is 48.5 Å². The number of hydrogen-bond acceptors (Lipinski definition) is 4. The molecule has 2 aromatic carbocycles. The highest BCUT2D eigenvalue weighted by molar-refractivity contribution is 5.85. The van der Waals surface area contributed by atoms with Crippen LogP contribution in [0.25, 0.3) is 0 Å². The van der Waals surface area contributed by atoms with E-state index in [4.69, 9.17) is 5.73 Å². The quantitative estimate of drug-likeness (QED) is 0.621. The molecular weight excluding hydrogens is 397 g/mol. The monoisotopic (exact) mass is 425 g/mol. The summed E-state index contributed by atoms with van der Waals surface area (Å²) in [6.07, 6.45) is 1.86. The number of rotatable bonds is 6. The molecular formula is C21H29Cl2N3O2. The number of halogens is 2. The molecule has 0 radical (unpaired) electrons. The molecule has 7 heteroatoms. The number of amides is 1. The summed E-state index contributed by atoms with van der Waals surface area (Å²) in [7, 11) is 0. The number of nitrogen functional groups attached to an aromatic ring is 1. The maximum atomic E-state index is 12.2. The number of nitrogens with zero attached hydrogens (tertiary/aromatic N) is 1. The van der Waals surface area contributed by atoms with Crippen LogP contribution in [0.1, 0.15) is 29.5 Å². The summed E-state index contributed by atoms with van der Waals surface area (Å²) in [5.74, 6) is 0.00525. The predicted octanol–water partition coefficient (Wildman–Crippen LogP) is 2.93. The average Bonchev–Trinajstić information content (AvgIpc) is 2.65. The van der Waals surface area contributed by atoms with E-state index in [1.54, 1.807) is 0 Å². The van der Waals surface area contributed by atoms with E-state index in [9.17, 15) is 9.90 Å². The number of likely N-dealkylation sites (tertiary alicyclic amines) is 1. The van der Waals surface area contributed by atoms with E-state index in [0.717, 1.165) is 43.6 Å². The van der Waals surface area contributed by atoms with E-state index in [-0.39, 0.29) is 36.8 Å². The van der Waals surface area contributed by atoms with E-state index in [1.165, 1.54) is 5.56 Å². The van der Waals surface area contributed by atoms with Crippen LogP contribution in [0.5, 0.6) is 0 Å². The van der Waals surface area contributed by atoms with Crippen molar-refractivity contribution in [3.05, 3.63) is 65.2 Å². The lowest BCUT2D eigenvalue weighted by atomic mass is 10.0. The van der Waals surface area contributed by atoms with Crippen LogP contribution in [-0.2, 0) is 24.3 Å². The summed E-state index contributed by atoms with van der Waals surface area (Å²) in [6.45, 7) is 3.22. The molecule has 1 aliphatic heterocycles.